The van der Waals surface area contributed by atoms with Crippen LogP contribution >= 0.6 is 27.5 Å². The third kappa shape index (κ3) is 2.99. The lowest BCUT2D eigenvalue weighted by molar-refractivity contribution is -0.132. The van der Waals surface area contributed by atoms with Crippen molar-refractivity contribution >= 4 is 39.3 Å². The Kier molecular flexibility index (Phi) is 4.70. The number of hydrogen-bond donors (Lipinski definition) is 0. The van der Waals surface area contributed by atoms with Crippen molar-refractivity contribution < 1.29 is 9.59 Å². The Labute approximate surface area is 131 Å². The first-order valence-electron chi connectivity index (χ1n) is 6.39. The van der Waals surface area contributed by atoms with Gasteiger partial charge in [-0.15, -0.1) is 0 Å². The monoisotopic (exact) mass is 358 g/mol. The van der Waals surface area contributed by atoms with E-state index >= 15 is 0 Å². The van der Waals surface area contributed by atoms with Crippen LogP contribution in [0.2, 0.25) is 5.02 Å². The minimum atomic E-state index is -0.355. The van der Waals surface area contributed by atoms with Crippen LogP contribution in [0.25, 0.3) is 0 Å². The SMILES string of the molecule is CN(C)C(=O)C1CCCN1C(=O)c1ccc(Cl)c(Br)c1. The van der Waals surface area contributed by atoms with Gasteiger partial charge in [-0.1, -0.05) is 11.6 Å². The number of nitrogens with zero attached hydrogens (tertiary/aromatic N) is 2. The number of likely N-dealkylation sites (tertiary alicyclic amines) is 1. The molecule has 2 amide bonds. The molecule has 1 aliphatic rings. The highest BCUT2D eigenvalue weighted by atomic mass is 79.9. The van der Waals surface area contributed by atoms with E-state index in [1.807, 2.05) is 0 Å². The molecule has 1 aromatic rings. The molecule has 0 radical (unpaired) electrons. The van der Waals surface area contributed by atoms with Crippen molar-refractivity contribution in [2.24, 2.45) is 0 Å². The van der Waals surface area contributed by atoms with E-state index in [1.165, 1.54) is 4.90 Å². The predicted octanol–water partition coefficient (Wildman–Crippen LogP) is 2.80. The van der Waals surface area contributed by atoms with Crippen molar-refractivity contribution in [3.63, 3.8) is 0 Å². The van der Waals surface area contributed by atoms with E-state index in [4.69, 9.17) is 11.6 Å². The summed E-state index contributed by atoms with van der Waals surface area (Å²) in [5.41, 5.74) is 0.541. The summed E-state index contributed by atoms with van der Waals surface area (Å²) < 4.78 is 0.680. The lowest BCUT2D eigenvalue weighted by atomic mass is 10.1. The van der Waals surface area contributed by atoms with E-state index in [9.17, 15) is 9.59 Å². The first-order valence-corrected chi connectivity index (χ1v) is 7.56. The molecular weight excluding hydrogens is 344 g/mol. The smallest absolute Gasteiger partial charge is 0.254 e. The number of amides is 2. The number of hydrogen-bond acceptors (Lipinski definition) is 2. The number of likely N-dealkylation sites (N-methyl/N-ethyl adjacent to an activating group) is 1. The normalized spacial score (nSPS) is 18.2. The van der Waals surface area contributed by atoms with Gasteiger partial charge in [-0.25, -0.2) is 0 Å². The Balaban J connectivity index is 2.23. The number of rotatable bonds is 2. The Bertz CT molecular complexity index is 548. The molecule has 1 aromatic carbocycles. The van der Waals surface area contributed by atoms with Crippen LogP contribution in [0, 0.1) is 0 Å². The fourth-order valence-corrected chi connectivity index (χ4v) is 2.86. The van der Waals surface area contributed by atoms with Crippen molar-refractivity contribution in [3.05, 3.63) is 33.3 Å². The molecule has 0 saturated carbocycles. The maximum Gasteiger partial charge on any atom is 0.254 e. The Morgan fingerprint density at radius 1 is 1.40 bits per heavy atom. The van der Waals surface area contributed by atoms with E-state index in [0.717, 1.165) is 12.8 Å². The first kappa shape index (κ1) is 15.3. The van der Waals surface area contributed by atoms with Gasteiger partial charge in [-0.05, 0) is 47.0 Å². The topological polar surface area (TPSA) is 40.6 Å². The third-order valence-electron chi connectivity index (χ3n) is 3.41. The summed E-state index contributed by atoms with van der Waals surface area (Å²) in [7, 11) is 3.42. The zero-order chi connectivity index (χ0) is 14.9. The van der Waals surface area contributed by atoms with Gasteiger partial charge in [0.05, 0.1) is 5.02 Å². The minimum absolute atomic E-state index is 0.0242. The number of carbonyl (C=O) groups excluding carboxylic acids is 2. The van der Waals surface area contributed by atoms with Crippen LogP contribution in [0.1, 0.15) is 23.2 Å². The molecule has 1 atom stereocenters. The quantitative estimate of drug-likeness (QED) is 0.815. The Morgan fingerprint density at radius 2 is 2.10 bits per heavy atom. The average molecular weight is 360 g/mol. The fraction of sp³-hybridized carbons (Fsp3) is 0.429. The van der Waals surface area contributed by atoms with E-state index in [0.29, 0.717) is 21.6 Å². The molecule has 1 heterocycles. The van der Waals surface area contributed by atoms with Gasteiger partial charge in [0.1, 0.15) is 6.04 Å². The van der Waals surface area contributed by atoms with E-state index in [2.05, 4.69) is 15.9 Å². The van der Waals surface area contributed by atoms with Gasteiger partial charge in [0.15, 0.2) is 0 Å². The van der Waals surface area contributed by atoms with Gasteiger partial charge in [-0.2, -0.15) is 0 Å². The van der Waals surface area contributed by atoms with Crippen LogP contribution in [-0.2, 0) is 4.79 Å². The lowest BCUT2D eigenvalue weighted by Gasteiger charge is -2.26. The van der Waals surface area contributed by atoms with Crippen LogP contribution in [0.3, 0.4) is 0 Å². The molecule has 0 spiro atoms. The molecule has 2 rings (SSSR count). The minimum Gasteiger partial charge on any atom is -0.347 e. The molecule has 6 heteroatoms. The van der Waals surface area contributed by atoms with Crippen molar-refractivity contribution in [1.82, 2.24) is 9.80 Å². The second-order valence-corrected chi connectivity index (χ2v) is 6.28. The van der Waals surface area contributed by atoms with Crippen molar-refractivity contribution in [2.75, 3.05) is 20.6 Å². The lowest BCUT2D eigenvalue weighted by Crippen LogP contribution is -2.45. The largest absolute Gasteiger partial charge is 0.347 e. The maximum atomic E-state index is 12.5. The van der Waals surface area contributed by atoms with Gasteiger partial charge in [-0.3, -0.25) is 9.59 Å². The standard InChI is InChI=1S/C14H16BrClN2O2/c1-17(2)14(20)12-4-3-7-18(12)13(19)9-5-6-11(16)10(15)8-9/h5-6,8,12H,3-4,7H2,1-2H3. The predicted molar refractivity (Wildman–Crippen MR) is 81.9 cm³/mol. The second kappa shape index (κ2) is 6.14. The van der Waals surface area contributed by atoms with E-state index in [-0.39, 0.29) is 17.9 Å². The molecule has 1 fully saturated rings. The highest BCUT2D eigenvalue weighted by Crippen LogP contribution is 2.26. The summed E-state index contributed by atoms with van der Waals surface area (Å²) in [6.07, 6.45) is 1.57. The third-order valence-corrected chi connectivity index (χ3v) is 4.62. The second-order valence-electron chi connectivity index (χ2n) is 5.02. The zero-order valence-corrected chi connectivity index (χ0v) is 13.7. The molecule has 108 valence electrons. The van der Waals surface area contributed by atoms with E-state index < -0.39 is 0 Å². The molecule has 1 saturated heterocycles. The average Bonchev–Trinajstić information content (AvgIpc) is 2.89. The van der Waals surface area contributed by atoms with Crippen molar-refractivity contribution in [2.45, 2.75) is 18.9 Å². The van der Waals surface area contributed by atoms with Gasteiger partial charge < -0.3 is 9.80 Å². The summed E-state index contributed by atoms with van der Waals surface area (Å²) in [5.74, 6) is -0.149. The molecule has 1 unspecified atom stereocenters. The zero-order valence-electron chi connectivity index (χ0n) is 11.4. The van der Waals surface area contributed by atoms with E-state index in [1.54, 1.807) is 37.2 Å². The summed E-state index contributed by atoms with van der Waals surface area (Å²) in [5, 5.41) is 0.559. The first-order chi connectivity index (χ1) is 9.41. The maximum absolute atomic E-state index is 12.5. The highest BCUT2D eigenvalue weighted by Gasteiger charge is 2.35. The molecular formula is C14H16BrClN2O2. The molecule has 4 nitrogen and oxygen atoms in total. The van der Waals surface area contributed by atoms with Crippen molar-refractivity contribution in [1.29, 1.82) is 0 Å². The molecule has 0 aromatic heterocycles. The van der Waals surface area contributed by atoms with Crippen LogP contribution in [-0.4, -0.2) is 48.3 Å². The van der Waals surface area contributed by atoms with Gasteiger partial charge in [0, 0.05) is 30.7 Å². The van der Waals surface area contributed by atoms with Gasteiger partial charge >= 0.3 is 0 Å². The summed E-state index contributed by atoms with van der Waals surface area (Å²) in [6, 6.07) is 4.70. The van der Waals surface area contributed by atoms with Crippen molar-refractivity contribution in [3.8, 4) is 0 Å². The molecule has 0 N–H and O–H groups in total. The Morgan fingerprint density at radius 3 is 2.70 bits per heavy atom. The number of halogens is 2. The summed E-state index contributed by atoms with van der Waals surface area (Å²) >= 11 is 9.25. The van der Waals surface area contributed by atoms with Gasteiger partial charge in [0.25, 0.3) is 5.91 Å². The number of benzene rings is 1. The molecule has 20 heavy (non-hydrogen) atoms. The summed E-state index contributed by atoms with van der Waals surface area (Å²) in [4.78, 5) is 27.8. The van der Waals surface area contributed by atoms with Crippen LogP contribution < -0.4 is 0 Å². The van der Waals surface area contributed by atoms with Crippen LogP contribution in [0.15, 0.2) is 22.7 Å². The van der Waals surface area contributed by atoms with Gasteiger partial charge in [0.2, 0.25) is 5.91 Å². The summed E-state index contributed by atoms with van der Waals surface area (Å²) in [6.45, 7) is 0.614. The molecule has 0 aliphatic carbocycles. The fourth-order valence-electron chi connectivity index (χ4n) is 2.36. The molecule has 1 aliphatic heterocycles. The Hall–Kier alpha value is -1.07. The van der Waals surface area contributed by atoms with Crippen LogP contribution in [0.5, 0.6) is 0 Å². The molecule has 0 bridgehead atoms. The van der Waals surface area contributed by atoms with Crippen LogP contribution in [0.4, 0.5) is 0 Å². The number of carbonyl (C=O) groups is 2. The highest BCUT2D eigenvalue weighted by molar-refractivity contribution is 9.10.